The van der Waals surface area contributed by atoms with Crippen LogP contribution in [0, 0.1) is 6.92 Å². The zero-order valence-corrected chi connectivity index (χ0v) is 16.1. The summed E-state index contributed by atoms with van der Waals surface area (Å²) in [5.41, 5.74) is 3.05. The molecule has 2 aromatic rings. The van der Waals surface area contributed by atoms with Crippen LogP contribution in [-0.2, 0) is 9.59 Å². The summed E-state index contributed by atoms with van der Waals surface area (Å²) >= 11 is 0. The monoisotopic (exact) mass is 379 g/mol. The third-order valence-corrected chi connectivity index (χ3v) is 4.57. The Kier molecular flexibility index (Phi) is 6.09. The van der Waals surface area contributed by atoms with E-state index in [-0.39, 0.29) is 30.2 Å². The Balaban J connectivity index is 1.66. The van der Waals surface area contributed by atoms with Crippen molar-refractivity contribution in [1.82, 2.24) is 10.6 Å². The predicted octanol–water partition coefficient (Wildman–Crippen LogP) is 3.09. The van der Waals surface area contributed by atoms with Crippen molar-refractivity contribution in [3.8, 4) is 0 Å². The van der Waals surface area contributed by atoms with E-state index in [1.165, 1.54) is 6.92 Å². The van der Waals surface area contributed by atoms with Crippen LogP contribution >= 0.6 is 0 Å². The van der Waals surface area contributed by atoms with E-state index in [0.29, 0.717) is 11.3 Å². The molecule has 6 heteroatoms. The van der Waals surface area contributed by atoms with Gasteiger partial charge in [-0.15, -0.1) is 0 Å². The van der Waals surface area contributed by atoms with Crippen LogP contribution in [0.5, 0.6) is 0 Å². The van der Waals surface area contributed by atoms with Gasteiger partial charge in [0.2, 0.25) is 11.8 Å². The summed E-state index contributed by atoms with van der Waals surface area (Å²) in [6.45, 7) is 3.41. The van der Waals surface area contributed by atoms with Gasteiger partial charge in [0.05, 0.1) is 12.5 Å². The lowest BCUT2D eigenvalue weighted by molar-refractivity contribution is -0.120. The molecule has 28 heavy (non-hydrogen) atoms. The van der Waals surface area contributed by atoms with Gasteiger partial charge in [-0.05, 0) is 43.5 Å². The highest BCUT2D eigenvalue weighted by Gasteiger charge is 2.24. The van der Waals surface area contributed by atoms with Crippen molar-refractivity contribution < 1.29 is 14.4 Å². The zero-order chi connectivity index (χ0) is 20.1. The fourth-order valence-corrected chi connectivity index (χ4v) is 2.93. The Hall–Kier alpha value is -3.15. The Morgan fingerprint density at radius 2 is 1.79 bits per heavy atom. The predicted molar refractivity (Wildman–Crippen MR) is 108 cm³/mol. The molecule has 1 aliphatic carbocycles. The number of amides is 3. The lowest BCUT2D eigenvalue weighted by Gasteiger charge is -2.18. The Bertz CT molecular complexity index is 873. The average molecular weight is 379 g/mol. The molecule has 3 N–H and O–H groups in total. The van der Waals surface area contributed by atoms with Gasteiger partial charge in [0.15, 0.2) is 0 Å². The van der Waals surface area contributed by atoms with E-state index < -0.39 is 6.04 Å². The molecule has 1 aliphatic rings. The molecule has 1 atom stereocenters. The second kappa shape index (κ2) is 8.69. The SMILES string of the molecule is CC(=O)NC(CC(=O)Nc1cccc(C(=O)NC2CC2)c1)c1ccc(C)cc1. The standard InChI is InChI=1S/C22H25N3O3/c1-14-6-8-16(9-7-14)20(23-15(2)26)13-21(27)24-19-5-3-4-17(12-19)22(28)25-18-10-11-18/h3-9,12,18,20H,10-11,13H2,1-2H3,(H,23,26)(H,24,27)(H,25,28). The van der Waals surface area contributed by atoms with Gasteiger partial charge in [-0.2, -0.15) is 0 Å². The van der Waals surface area contributed by atoms with E-state index in [0.717, 1.165) is 24.0 Å². The number of anilines is 1. The first-order chi connectivity index (χ1) is 13.4. The maximum absolute atomic E-state index is 12.6. The third kappa shape index (κ3) is 5.67. The smallest absolute Gasteiger partial charge is 0.251 e. The van der Waals surface area contributed by atoms with E-state index in [2.05, 4.69) is 16.0 Å². The zero-order valence-electron chi connectivity index (χ0n) is 16.1. The molecular formula is C22H25N3O3. The minimum atomic E-state index is -0.417. The number of benzene rings is 2. The summed E-state index contributed by atoms with van der Waals surface area (Å²) in [4.78, 5) is 36.3. The van der Waals surface area contributed by atoms with Gasteiger partial charge in [0, 0.05) is 24.2 Å². The van der Waals surface area contributed by atoms with Crippen LogP contribution in [0.25, 0.3) is 0 Å². The fraction of sp³-hybridized carbons (Fsp3) is 0.318. The molecule has 6 nitrogen and oxygen atoms in total. The first-order valence-corrected chi connectivity index (χ1v) is 9.45. The average Bonchev–Trinajstić information content (AvgIpc) is 3.45. The number of carbonyl (C=O) groups is 3. The number of carbonyl (C=O) groups excluding carboxylic acids is 3. The molecule has 0 bridgehead atoms. The summed E-state index contributed by atoms with van der Waals surface area (Å²) < 4.78 is 0. The van der Waals surface area contributed by atoms with Crippen LogP contribution in [0.2, 0.25) is 0 Å². The first-order valence-electron chi connectivity index (χ1n) is 9.45. The molecule has 1 saturated carbocycles. The van der Waals surface area contributed by atoms with E-state index in [1.54, 1.807) is 24.3 Å². The van der Waals surface area contributed by atoms with Crippen molar-refractivity contribution in [2.24, 2.45) is 0 Å². The second-order valence-corrected chi connectivity index (χ2v) is 7.24. The number of aryl methyl sites for hydroxylation is 1. The van der Waals surface area contributed by atoms with Crippen molar-refractivity contribution in [2.45, 2.75) is 45.2 Å². The summed E-state index contributed by atoms with van der Waals surface area (Å²) in [6, 6.07) is 14.4. The third-order valence-electron chi connectivity index (χ3n) is 4.57. The van der Waals surface area contributed by atoms with Crippen LogP contribution in [-0.4, -0.2) is 23.8 Å². The van der Waals surface area contributed by atoms with Crippen molar-refractivity contribution >= 4 is 23.4 Å². The summed E-state index contributed by atoms with van der Waals surface area (Å²) in [5.74, 6) is -0.564. The van der Waals surface area contributed by atoms with Gasteiger partial charge < -0.3 is 16.0 Å². The van der Waals surface area contributed by atoms with Crippen molar-refractivity contribution in [2.75, 3.05) is 5.32 Å². The van der Waals surface area contributed by atoms with Gasteiger partial charge in [-0.3, -0.25) is 14.4 Å². The summed E-state index contributed by atoms with van der Waals surface area (Å²) in [5, 5.41) is 8.58. The van der Waals surface area contributed by atoms with Crippen molar-refractivity contribution in [1.29, 1.82) is 0 Å². The highest BCUT2D eigenvalue weighted by atomic mass is 16.2. The normalized spacial score (nSPS) is 14.1. The minimum Gasteiger partial charge on any atom is -0.349 e. The molecule has 2 aromatic carbocycles. The lowest BCUT2D eigenvalue weighted by atomic mass is 10.0. The van der Waals surface area contributed by atoms with Crippen LogP contribution in [0.3, 0.4) is 0 Å². The Morgan fingerprint density at radius 1 is 1.07 bits per heavy atom. The van der Waals surface area contributed by atoms with Gasteiger partial charge in [0.1, 0.15) is 0 Å². The van der Waals surface area contributed by atoms with E-state index in [4.69, 9.17) is 0 Å². The number of hydrogen-bond acceptors (Lipinski definition) is 3. The highest BCUT2D eigenvalue weighted by molar-refractivity contribution is 5.97. The molecule has 0 spiro atoms. The molecule has 146 valence electrons. The molecule has 1 unspecified atom stereocenters. The van der Waals surface area contributed by atoms with Crippen LogP contribution in [0.1, 0.15) is 53.7 Å². The Morgan fingerprint density at radius 3 is 2.43 bits per heavy atom. The topological polar surface area (TPSA) is 87.3 Å². The van der Waals surface area contributed by atoms with Crippen LogP contribution < -0.4 is 16.0 Å². The first kappa shape index (κ1) is 19.6. The van der Waals surface area contributed by atoms with Gasteiger partial charge >= 0.3 is 0 Å². The fourth-order valence-electron chi connectivity index (χ4n) is 2.93. The molecule has 3 rings (SSSR count). The Labute approximate surface area is 164 Å². The molecular weight excluding hydrogens is 354 g/mol. The summed E-state index contributed by atoms with van der Waals surface area (Å²) in [7, 11) is 0. The van der Waals surface area contributed by atoms with E-state index in [9.17, 15) is 14.4 Å². The highest BCUT2D eigenvalue weighted by Crippen LogP contribution is 2.21. The van der Waals surface area contributed by atoms with Gasteiger partial charge in [-0.25, -0.2) is 0 Å². The molecule has 3 amide bonds. The van der Waals surface area contributed by atoms with Crippen molar-refractivity contribution in [3.63, 3.8) is 0 Å². The largest absolute Gasteiger partial charge is 0.349 e. The molecule has 0 aromatic heterocycles. The minimum absolute atomic E-state index is 0.0984. The van der Waals surface area contributed by atoms with E-state index >= 15 is 0 Å². The second-order valence-electron chi connectivity index (χ2n) is 7.24. The number of nitrogens with one attached hydrogen (secondary N) is 3. The number of hydrogen-bond donors (Lipinski definition) is 3. The molecule has 0 heterocycles. The summed E-state index contributed by atoms with van der Waals surface area (Å²) in [6.07, 6.45) is 2.14. The quantitative estimate of drug-likeness (QED) is 0.691. The molecule has 0 saturated heterocycles. The molecule has 0 aliphatic heterocycles. The van der Waals surface area contributed by atoms with Crippen LogP contribution in [0.15, 0.2) is 48.5 Å². The van der Waals surface area contributed by atoms with Gasteiger partial charge in [-0.1, -0.05) is 35.9 Å². The number of rotatable bonds is 7. The van der Waals surface area contributed by atoms with Gasteiger partial charge in [0.25, 0.3) is 5.91 Å². The van der Waals surface area contributed by atoms with Crippen LogP contribution in [0.4, 0.5) is 5.69 Å². The lowest BCUT2D eigenvalue weighted by Crippen LogP contribution is -2.30. The van der Waals surface area contributed by atoms with Crippen molar-refractivity contribution in [3.05, 3.63) is 65.2 Å². The van der Waals surface area contributed by atoms with E-state index in [1.807, 2.05) is 31.2 Å². The maximum Gasteiger partial charge on any atom is 0.251 e. The molecule has 1 fully saturated rings. The molecule has 0 radical (unpaired) electrons. The maximum atomic E-state index is 12.6.